The van der Waals surface area contributed by atoms with Crippen molar-refractivity contribution in [3.63, 3.8) is 0 Å². The Kier molecular flexibility index (Phi) is 3.87. The van der Waals surface area contributed by atoms with Gasteiger partial charge in [-0.15, -0.1) is 0 Å². The van der Waals surface area contributed by atoms with Crippen LogP contribution in [0.1, 0.15) is 32.6 Å². The third-order valence-electron chi connectivity index (χ3n) is 2.54. The molecule has 3 N–H and O–H groups in total. The highest BCUT2D eigenvalue weighted by Gasteiger charge is 2.35. The Bertz CT molecular complexity index is 134. The molecule has 1 aliphatic rings. The summed E-state index contributed by atoms with van der Waals surface area (Å²) in [5, 5.41) is 10.1. The third-order valence-corrected chi connectivity index (χ3v) is 3.82. The molecule has 12 heavy (non-hydrogen) atoms. The summed E-state index contributed by atoms with van der Waals surface area (Å²) in [5.74, 6) is 2.01. The molecule has 1 aliphatic heterocycles. The van der Waals surface area contributed by atoms with Gasteiger partial charge in [-0.3, -0.25) is 0 Å². The van der Waals surface area contributed by atoms with E-state index in [9.17, 15) is 5.11 Å². The van der Waals surface area contributed by atoms with Gasteiger partial charge < -0.3 is 10.8 Å². The summed E-state index contributed by atoms with van der Waals surface area (Å²) in [5.41, 5.74) is 5.36. The molecule has 0 saturated carbocycles. The van der Waals surface area contributed by atoms with Crippen molar-refractivity contribution in [3.05, 3.63) is 0 Å². The lowest BCUT2D eigenvalue weighted by molar-refractivity contribution is 0.0232. The highest BCUT2D eigenvalue weighted by molar-refractivity contribution is 7.99. The van der Waals surface area contributed by atoms with Gasteiger partial charge in [-0.1, -0.05) is 13.3 Å². The zero-order valence-electron chi connectivity index (χ0n) is 7.75. The number of nitrogens with two attached hydrogens (primary N) is 1. The van der Waals surface area contributed by atoms with Crippen molar-refractivity contribution in [2.45, 2.75) is 44.2 Å². The SMILES string of the molecule is CCCC(N)C1(O)CCCSC1. The monoisotopic (exact) mass is 189 g/mol. The average Bonchev–Trinajstić information content (AvgIpc) is 2.06. The van der Waals surface area contributed by atoms with Crippen LogP contribution in [0.15, 0.2) is 0 Å². The van der Waals surface area contributed by atoms with Crippen LogP contribution in [0.25, 0.3) is 0 Å². The van der Waals surface area contributed by atoms with Crippen LogP contribution in [0.4, 0.5) is 0 Å². The number of hydrogen-bond donors (Lipinski definition) is 2. The van der Waals surface area contributed by atoms with Crippen LogP contribution in [0.2, 0.25) is 0 Å². The van der Waals surface area contributed by atoms with Crippen LogP contribution in [-0.2, 0) is 0 Å². The Morgan fingerprint density at radius 1 is 1.67 bits per heavy atom. The van der Waals surface area contributed by atoms with Crippen molar-refractivity contribution in [3.8, 4) is 0 Å². The van der Waals surface area contributed by atoms with E-state index in [-0.39, 0.29) is 6.04 Å². The normalized spacial score (nSPS) is 33.2. The highest BCUT2D eigenvalue weighted by atomic mass is 32.2. The minimum Gasteiger partial charge on any atom is -0.387 e. The van der Waals surface area contributed by atoms with Crippen LogP contribution < -0.4 is 5.73 Å². The molecule has 2 unspecified atom stereocenters. The van der Waals surface area contributed by atoms with E-state index in [1.807, 2.05) is 11.8 Å². The number of rotatable bonds is 3. The molecular formula is C9H19NOS. The summed E-state index contributed by atoms with van der Waals surface area (Å²) < 4.78 is 0. The smallest absolute Gasteiger partial charge is 0.0888 e. The van der Waals surface area contributed by atoms with E-state index in [0.29, 0.717) is 0 Å². The van der Waals surface area contributed by atoms with Gasteiger partial charge in [-0.05, 0) is 25.0 Å². The summed E-state index contributed by atoms with van der Waals surface area (Å²) in [4.78, 5) is 0. The fourth-order valence-corrected chi connectivity index (χ4v) is 2.88. The predicted molar refractivity (Wildman–Crippen MR) is 54.4 cm³/mol. The molecule has 72 valence electrons. The van der Waals surface area contributed by atoms with Crippen LogP contribution in [0.3, 0.4) is 0 Å². The van der Waals surface area contributed by atoms with E-state index in [2.05, 4.69) is 6.92 Å². The zero-order chi connectivity index (χ0) is 9.03. The van der Waals surface area contributed by atoms with E-state index in [1.54, 1.807) is 0 Å². The molecule has 0 aromatic heterocycles. The van der Waals surface area contributed by atoms with Crippen LogP contribution in [0.5, 0.6) is 0 Å². The first-order chi connectivity index (χ1) is 5.69. The molecule has 0 aromatic carbocycles. The van der Waals surface area contributed by atoms with E-state index < -0.39 is 5.60 Å². The van der Waals surface area contributed by atoms with Crippen molar-refractivity contribution in [2.24, 2.45) is 5.73 Å². The Balaban J connectivity index is 2.44. The predicted octanol–water partition coefficient (Wildman–Crippen LogP) is 1.37. The molecule has 0 aromatic rings. The molecule has 0 radical (unpaired) electrons. The summed E-state index contributed by atoms with van der Waals surface area (Å²) in [6.45, 7) is 2.11. The Labute approximate surface area is 78.9 Å². The average molecular weight is 189 g/mol. The lowest BCUT2D eigenvalue weighted by atomic mass is 9.89. The molecule has 1 rings (SSSR count). The Morgan fingerprint density at radius 3 is 2.92 bits per heavy atom. The number of thioether (sulfide) groups is 1. The van der Waals surface area contributed by atoms with Gasteiger partial charge in [0.05, 0.1) is 5.60 Å². The van der Waals surface area contributed by atoms with Crippen molar-refractivity contribution < 1.29 is 5.11 Å². The molecule has 1 saturated heterocycles. The van der Waals surface area contributed by atoms with Gasteiger partial charge in [0.1, 0.15) is 0 Å². The van der Waals surface area contributed by atoms with E-state index >= 15 is 0 Å². The summed E-state index contributed by atoms with van der Waals surface area (Å²) in [6, 6.07) is -0.0182. The maximum absolute atomic E-state index is 10.1. The van der Waals surface area contributed by atoms with Gasteiger partial charge in [0, 0.05) is 11.8 Å². The van der Waals surface area contributed by atoms with E-state index in [4.69, 9.17) is 5.73 Å². The highest BCUT2D eigenvalue weighted by Crippen LogP contribution is 2.30. The van der Waals surface area contributed by atoms with Crippen molar-refractivity contribution in [1.29, 1.82) is 0 Å². The largest absolute Gasteiger partial charge is 0.387 e. The maximum atomic E-state index is 10.1. The van der Waals surface area contributed by atoms with Gasteiger partial charge in [-0.25, -0.2) is 0 Å². The van der Waals surface area contributed by atoms with Crippen molar-refractivity contribution in [2.75, 3.05) is 11.5 Å². The fourth-order valence-electron chi connectivity index (χ4n) is 1.67. The van der Waals surface area contributed by atoms with Crippen LogP contribution >= 0.6 is 11.8 Å². The topological polar surface area (TPSA) is 46.2 Å². The van der Waals surface area contributed by atoms with E-state index in [0.717, 1.165) is 31.4 Å². The molecular weight excluding hydrogens is 170 g/mol. The lowest BCUT2D eigenvalue weighted by Crippen LogP contribution is -2.51. The summed E-state index contributed by atoms with van der Waals surface area (Å²) in [6.07, 6.45) is 4.00. The second-order valence-electron chi connectivity index (χ2n) is 3.65. The molecule has 2 atom stereocenters. The lowest BCUT2D eigenvalue weighted by Gasteiger charge is -2.36. The second-order valence-corrected chi connectivity index (χ2v) is 4.76. The Morgan fingerprint density at radius 2 is 2.42 bits per heavy atom. The van der Waals surface area contributed by atoms with Crippen molar-refractivity contribution in [1.82, 2.24) is 0 Å². The first kappa shape index (κ1) is 10.4. The second kappa shape index (κ2) is 4.49. The first-order valence-corrected chi connectivity index (χ1v) is 5.90. The minimum absolute atomic E-state index is 0.0182. The third kappa shape index (κ3) is 2.38. The molecule has 0 bridgehead atoms. The van der Waals surface area contributed by atoms with Crippen LogP contribution in [-0.4, -0.2) is 28.3 Å². The van der Waals surface area contributed by atoms with Crippen LogP contribution in [0, 0.1) is 0 Å². The first-order valence-electron chi connectivity index (χ1n) is 4.75. The van der Waals surface area contributed by atoms with Gasteiger partial charge >= 0.3 is 0 Å². The molecule has 0 aliphatic carbocycles. The maximum Gasteiger partial charge on any atom is 0.0888 e. The molecule has 2 nitrogen and oxygen atoms in total. The van der Waals surface area contributed by atoms with E-state index in [1.165, 1.54) is 5.75 Å². The van der Waals surface area contributed by atoms with Gasteiger partial charge in [0.15, 0.2) is 0 Å². The standard InChI is InChI=1S/C9H19NOS/c1-2-4-8(10)9(11)5-3-6-12-7-9/h8,11H,2-7,10H2,1H3. The Hall–Kier alpha value is 0.270. The zero-order valence-corrected chi connectivity index (χ0v) is 8.57. The molecule has 1 fully saturated rings. The quantitative estimate of drug-likeness (QED) is 0.705. The molecule has 1 heterocycles. The van der Waals surface area contributed by atoms with Gasteiger partial charge in [0.2, 0.25) is 0 Å². The summed E-state index contributed by atoms with van der Waals surface area (Å²) in [7, 11) is 0. The fraction of sp³-hybridized carbons (Fsp3) is 1.00. The van der Waals surface area contributed by atoms with Gasteiger partial charge in [0.25, 0.3) is 0 Å². The number of hydrogen-bond acceptors (Lipinski definition) is 3. The number of aliphatic hydroxyl groups is 1. The van der Waals surface area contributed by atoms with Crippen molar-refractivity contribution >= 4 is 11.8 Å². The summed E-state index contributed by atoms with van der Waals surface area (Å²) >= 11 is 1.83. The van der Waals surface area contributed by atoms with Gasteiger partial charge in [-0.2, -0.15) is 11.8 Å². The molecule has 3 heteroatoms. The molecule has 0 spiro atoms. The minimum atomic E-state index is -0.571. The molecule has 0 amide bonds.